The molecule has 0 aromatic heterocycles. The first-order valence-corrected chi connectivity index (χ1v) is 7.64. The minimum atomic E-state index is -0.327. The summed E-state index contributed by atoms with van der Waals surface area (Å²) in [5, 5.41) is 0. The Labute approximate surface area is 130 Å². The number of carbonyl (C=O) groups excluding carboxylic acids is 1. The van der Waals surface area contributed by atoms with E-state index in [4.69, 9.17) is 14.2 Å². The van der Waals surface area contributed by atoms with E-state index in [-0.39, 0.29) is 12.2 Å². The molecule has 0 bridgehead atoms. The Morgan fingerprint density at radius 2 is 2.14 bits per heavy atom. The third kappa shape index (κ3) is 3.42. The van der Waals surface area contributed by atoms with E-state index >= 15 is 0 Å². The maximum absolute atomic E-state index is 11.9. The Kier molecular flexibility index (Phi) is 4.63. The van der Waals surface area contributed by atoms with Crippen LogP contribution in [0.4, 0.5) is 10.5 Å². The van der Waals surface area contributed by atoms with Crippen LogP contribution in [0, 0.1) is 0 Å². The predicted octanol–water partition coefficient (Wildman–Crippen LogP) is 3.15. The van der Waals surface area contributed by atoms with Crippen LogP contribution in [0.1, 0.15) is 19.3 Å². The summed E-state index contributed by atoms with van der Waals surface area (Å²) in [6, 6.07) is 7.55. The summed E-state index contributed by atoms with van der Waals surface area (Å²) >= 11 is 0. The number of anilines is 1. The first kappa shape index (κ1) is 14.9. The molecule has 0 radical (unpaired) electrons. The van der Waals surface area contributed by atoms with Crippen LogP contribution in [-0.4, -0.2) is 39.1 Å². The fourth-order valence-electron chi connectivity index (χ4n) is 2.77. The van der Waals surface area contributed by atoms with Crippen molar-refractivity contribution < 1.29 is 19.0 Å². The van der Waals surface area contributed by atoms with Crippen LogP contribution in [0.5, 0.6) is 5.75 Å². The summed E-state index contributed by atoms with van der Waals surface area (Å²) in [6.07, 6.45) is 5.26. The normalized spacial score (nSPS) is 21.0. The highest BCUT2D eigenvalue weighted by Crippen LogP contribution is 2.25. The van der Waals surface area contributed by atoms with E-state index in [1.165, 1.54) is 12.0 Å². The van der Waals surface area contributed by atoms with Crippen LogP contribution in [0.15, 0.2) is 35.9 Å². The number of rotatable bonds is 6. The number of hydrogen-bond donors (Lipinski definition) is 0. The Morgan fingerprint density at radius 1 is 1.32 bits per heavy atom. The lowest BCUT2D eigenvalue weighted by atomic mass is 10.2. The predicted molar refractivity (Wildman–Crippen MR) is 83.4 cm³/mol. The Balaban J connectivity index is 1.58. The molecule has 1 atom stereocenters. The van der Waals surface area contributed by atoms with E-state index in [0.717, 1.165) is 24.3 Å². The number of benzene rings is 1. The van der Waals surface area contributed by atoms with Gasteiger partial charge in [0.15, 0.2) is 0 Å². The maximum Gasteiger partial charge on any atom is 0.414 e. The topological polar surface area (TPSA) is 48.0 Å². The number of hydrogen-bond acceptors (Lipinski definition) is 4. The lowest BCUT2D eigenvalue weighted by Gasteiger charge is -2.14. The monoisotopic (exact) mass is 303 g/mol. The number of carbonyl (C=O) groups is 1. The molecule has 118 valence electrons. The Morgan fingerprint density at radius 3 is 2.82 bits per heavy atom. The van der Waals surface area contributed by atoms with Gasteiger partial charge in [-0.1, -0.05) is 6.08 Å². The van der Waals surface area contributed by atoms with Gasteiger partial charge >= 0.3 is 6.09 Å². The molecule has 1 aromatic carbocycles. The molecular weight excluding hydrogens is 282 g/mol. The van der Waals surface area contributed by atoms with E-state index < -0.39 is 0 Å². The Hall–Kier alpha value is -2.01. The van der Waals surface area contributed by atoms with Gasteiger partial charge in [0.25, 0.3) is 0 Å². The van der Waals surface area contributed by atoms with Crippen LogP contribution >= 0.6 is 0 Å². The average molecular weight is 303 g/mol. The minimum absolute atomic E-state index is 0.206. The van der Waals surface area contributed by atoms with Crippen molar-refractivity contribution in [3.63, 3.8) is 0 Å². The number of methoxy groups -OCH3 is 1. The minimum Gasteiger partial charge on any atom is -0.489 e. The zero-order valence-electron chi connectivity index (χ0n) is 12.8. The standard InChI is InChI=1S/C17H21NO4/c1-20-12-16-10-18(17(19)22-16)14-6-8-15(9-7-14)21-11-13-4-2-3-5-13/h4,6-9,16H,2-3,5,10-12H2,1H3. The van der Waals surface area contributed by atoms with Gasteiger partial charge < -0.3 is 14.2 Å². The zero-order valence-corrected chi connectivity index (χ0v) is 12.8. The van der Waals surface area contributed by atoms with Gasteiger partial charge in [-0.15, -0.1) is 0 Å². The molecule has 1 heterocycles. The number of nitrogens with zero attached hydrogens (tertiary/aromatic N) is 1. The number of amides is 1. The van der Waals surface area contributed by atoms with E-state index in [0.29, 0.717) is 19.8 Å². The molecular formula is C17H21NO4. The third-order valence-electron chi connectivity index (χ3n) is 3.93. The average Bonchev–Trinajstić information content (AvgIpc) is 3.16. The van der Waals surface area contributed by atoms with Gasteiger partial charge in [0.2, 0.25) is 0 Å². The van der Waals surface area contributed by atoms with Crippen LogP contribution in [-0.2, 0) is 9.47 Å². The van der Waals surface area contributed by atoms with Gasteiger partial charge in [0.1, 0.15) is 18.5 Å². The van der Waals surface area contributed by atoms with Crippen molar-refractivity contribution in [1.82, 2.24) is 0 Å². The van der Waals surface area contributed by atoms with E-state index in [1.54, 1.807) is 12.0 Å². The van der Waals surface area contributed by atoms with Gasteiger partial charge in [-0.2, -0.15) is 0 Å². The van der Waals surface area contributed by atoms with Gasteiger partial charge in [-0.3, -0.25) is 4.90 Å². The summed E-state index contributed by atoms with van der Waals surface area (Å²) in [7, 11) is 1.60. The lowest BCUT2D eigenvalue weighted by Crippen LogP contribution is -2.25. The quantitative estimate of drug-likeness (QED) is 0.758. The summed E-state index contributed by atoms with van der Waals surface area (Å²) in [6.45, 7) is 1.58. The highest BCUT2D eigenvalue weighted by atomic mass is 16.6. The molecule has 22 heavy (non-hydrogen) atoms. The molecule has 1 saturated heterocycles. The molecule has 1 amide bonds. The van der Waals surface area contributed by atoms with Crippen molar-refractivity contribution >= 4 is 11.8 Å². The number of cyclic esters (lactones) is 1. The number of ether oxygens (including phenoxy) is 3. The van der Waals surface area contributed by atoms with Crippen molar-refractivity contribution in [1.29, 1.82) is 0 Å². The zero-order chi connectivity index (χ0) is 15.4. The number of allylic oxidation sites excluding steroid dienone is 1. The van der Waals surface area contributed by atoms with Gasteiger partial charge in [-0.25, -0.2) is 4.79 Å². The fourth-order valence-corrected chi connectivity index (χ4v) is 2.77. The van der Waals surface area contributed by atoms with E-state index in [1.807, 2.05) is 24.3 Å². The highest BCUT2D eigenvalue weighted by Gasteiger charge is 2.32. The summed E-state index contributed by atoms with van der Waals surface area (Å²) in [5.74, 6) is 0.817. The van der Waals surface area contributed by atoms with Crippen LogP contribution in [0.25, 0.3) is 0 Å². The molecule has 0 N–H and O–H groups in total. The van der Waals surface area contributed by atoms with Crippen molar-refractivity contribution in [2.75, 3.05) is 31.8 Å². The first-order chi connectivity index (χ1) is 10.8. The summed E-state index contributed by atoms with van der Waals surface area (Å²) in [4.78, 5) is 13.5. The van der Waals surface area contributed by atoms with Crippen LogP contribution < -0.4 is 9.64 Å². The third-order valence-corrected chi connectivity index (χ3v) is 3.93. The molecule has 3 rings (SSSR count). The van der Waals surface area contributed by atoms with Crippen molar-refractivity contribution in [3.05, 3.63) is 35.9 Å². The molecule has 0 spiro atoms. The molecule has 2 aliphatic rings. The highest BCUT2D eigenvalue weighted by molar-refractivity contribution is 5.89. The second kappa shape index (κ2) is 6.83. The first-order valence-electron chi connectivity index (χ1n) is 7.64. The van der Waals surface area contributed by atoms with Crippen LogP contribution in [0.2, 0.25) is 0 Å². The molecule has 5 nitrogen and oxygen atoms in total. The SMILES string of the molecule is COCC1CN(c2ccc(OCC3=CCCC3)cc2)C(=O)O1. The molecule has 1 aliphatic heterocycles. The van der Waals surface area contributed by atoms with Gasteiger partial charge in [-0.05, 0) is 49.1 Å². The molecule has 1 aliphatic carbocycles. The summed E-state index contributed by atoms with van der Waals surface area (Å²) < 4.78 is 16.0. The van der Waals surface area contributed by atoms with E-state index in [2.05, 4.69) is 6.08 Å². The maximum atomic E-state index is 11.9. The van der Waals surface area contributed by atoms with Crippen molar-refractivity contribution in [3.8, 4) is 5.75 Å². The molecule has 1 unspecified atom stereocenters. The molecule has 1 aromatic rings. The summed E-state index contributed by atoms with van der Waals surface area (Å²) in [5.41, 5.74) is 2.19. The van der Waals surface area contributed by atoms with Gasteiger partial charge in [0, 0.05) is 12.8 Å². The molecule has 5 heteroatoms. The van der Waals surface area contributed by atoms with E-state index in [9.17, 15) is 4.79 Å². The molecule has 1 fully saturated rings. The Bertz CT molecular complexity index is 552. The van der Waals surface area contributed by atoms with Crippen LogP contribution in [0.3, 0.4) is 0 Å². The van der Waals surface area contributed by atoms with Gasteiger partial charge in [0.05, 0.1) is 13.2 Å². The van der Waals surface area contributed by atoms with Crippen molar-refractivity contribution in [2.24, 2.45) is 0 Å². The molecule has 0 saturated carbocycles. The second-order valence-electron chi connectivity index (χ2n) is 5.61. The second-order valence-corrected chi connectivity index (χ2v) is 5.61. The fraction of sp³-hybridized carbons (Fsp3) is 0.471. The largest absolute Gasteiger partial charge is 0.489 e. The van der Waals surface area contributed by atoms with Crippen molar-refractivity contribution in [2.45, 2.75) is 25.4 Å². The smallest absolute Gasteiger partial charge is 0.414 e. The lowest BCUT2D eigenvalue weighted by molar-refractivity contribution is 0.0718.